The van der Waals surface area contributed by atoms with E-state index in [0.717, 1.165) is 5.56 Å². The lowest BCUT2D eigenvalue weighted by Gasteiger charge is -2.20. The zero-order valence-electron chi connectivity index (χ0n) is 13.1. The maximum Gasteiger partial charge on any atom is 0.330 e. The second kappa shape index (κ2) is 8.76. The molecule has 0 aliphatic rings. The van der Waals surface area contributed by atoms with Crippen molar-refractivity contribution in [1.82, 2.24) is 5.32 Å². The van der Waals surface area contributed by atoms with Crippen molar-refractivity contribution in [2.75, 3.05) is 12.0 Å². The highest BCUT2D eigenvalue weighted by atomic mass is 35.5. The Bertz CT molecular complexity index is 708. The fourth-order valence-electron chi connectivity index (χ4n) is 2.39. The third kappa shape index (κ3) is 4.76. The molecule has 4 nitrogen and oxygen atoms in total. The number of rotatable bonds is 7. The van der Waals surface area contributed by atoms with Gasteiger partial charge in [0, 0.05) is 10.8 Å². The van der Waals surface area contributed by atoms with Gasteiger partial charge >= 0.3 is 5.97 Å². The lowest BCUT2D eigenvalue weighted by Crippen LogP contribution is -2.37. The topological polar surface area (TPSA) is 66.4 Å². The van der Waals surface area contributed by atoms with E-state index in [1.165, 1.54) is 11.8 Å². The number of hydrogen-bond acceptors (Lipinski definition) is 3. The van der Waals surface area contributed by atoms with E-state index in [1.54, 1.807) is 24.3 Å². The zero-order chi connectivity index (χ0) is 17.5. The Morgan fingerprint density at radius 1 is 1.12 bits per heavy atom. The average Bonchev–Trinajstić information content (AvgIpc) is 2.57. The van der Waals surface area contributed by atoms with Crippen molar-refractivity contribution in [1.29, 1.82) is 0 Å². The Balaban J connectivity index is 2.24. The van der Waals surface area contributed by atoms with Gasteiger partial charge in [0.1, 0.15) is 0 Å². The number of amides is 1. The van der Waals surface area contributed by atoms with Crippen molar-refractivity contribution < 1.29 is 14.7 Å². The minimum Gasteiger partial charge on any atom is -0.479 e. The van der Waals surface area contributed by atoms with Gasteiger partial charge < -0.3 is 10.4 Å². The predicted molar refractivity (Wildman–Crippen MR) is 97.5 cm³/mol. The molecular weight excluding hydrogens is 346 g/mol. The first-order chi connectivity index (χ1) is 11.5. The van der Waals surface area contributed by atoms with Gasteiger partial charge in [0.05, 0.1) is 5.92 Å². The van der Waals surface area contributed by atoms with Gasteiger partial charge in [0.25, 0.3) is 0 Å². The molecule has 2 aromatic carbocycles. The minimum absolute atomic E-state index is 0.317. The molecule has 2 rings (SSSR count). The van der Waals surface area contributed by atoms with E-state index < -0.39 is 17.9 Å². The van der Waals surface area contributed by atoms with Crippen molar-refractivity contribution in [3.8, 4) is 0 Å². The lowest BCUT2D eigenvalue weighted by molar-refractivity contribution is -0.142. The van der Waals surface area contributed by atoms with Gasteiger partial charge in [0.15, 0.2) is 6.04 Å². The Morgan fingerprint density at radius 3 is 2.38 bits per heavy atom. The molecule has 1 amide bonds. The van der Waals surface area contributed by atoms with Gasteiger partial charge in [-0.1, -0.05) is 54.1 Å². The molecule has 0 saturated heterocycles. The molecule has 0 saturated carbocycles. The summed E-state index contributed by atoms with van der Waals surface area (Å²) in [6, 6.07) is 14.7. The molecule has 0 fully saturated rings. The summed E-state index contributed by atoms with van der Waals surface area (Å²) in [5, 5.41) is 12.5. The number of benzene rings is 2. The summed E-state index contributed by atoms with van der Waals surface area (Å²) in [7, 11) is 0. The summed E-state index contributed by atoms with van der Waals surface area (Å²) in [4.78, 5) is 24.3. The number of hydrogen-bond donors (Lipinski definition) is 2. The van der Waals surface area contributed by atoms with Gasteiger partial charge in [0.2, 0.25) is 5.91 Å². The summed E-state index contributed by atoms with van der Waals surface area (Å²) >= 11 is 7.47. The van der Waals surface area contributed by atoms with Crippen LogP contribution in [0.1, 0.15) is 23.1 Å². The van der Waals surface area contributed by atoms with Crippen molar-refractivity contribution in [3.63, 3.8) is 0 Å². The first-order valence-corrected chi connectivity index (χ1v) is 9.12. The van der Waals surface area contributed by atoms with Crippen LogP contribution in [0.2, 0.25) is 5.02 Å². The van der Waals surface area contributed by atoms with E-state index in [2.05, 4.69) is 5.32 Å². The summed E-state index contributed by atoms with van der Waals surface area (Å²) < 4.78 is 0. The highest BCUT2D eigenvalue weighted by Crippen LogP contribution is 2.23. The van der Waals surface area contributed by atoms with E-state index in [4.69, 9.17) is 11.6 Å². The van der Waals surface area contributed by atoms with Crippen molar-refractivity contribution in [2.45, 2.75) is 12.0 Å². The van der Waals surface area contributed by atoms with Crippen molar-refractivity contribution in [2.24, 2.45) is 0 Å². The van der Waals surface area contributed by atoms with Crippen LogP contribution in [0.3, 0.4) is 0 Å². The molecule has 6 heteroatoms. The molecule has 2 aromatic rings. The number of nitrogens with one attached hydrogen (secondary N) is 1. The zero-order valence-corrected chi connectivity index (χ0v) is 14.7. The number of carbonyl (C=O) groups is 2. The van der Waals surface area contributed by atoms with E-state index in [-0.39, 0.29) is 5.91 Å². The Kier molecular flexibility index (Phi) is 6.70. The number of carboxylic acid groups (broad SMARTS) is 1. The number of thioether (sulfide) groups is 1. The molecule has 0 aliphatic carbocycles. The highest BCUT2D eigenvalue weighted by Gasteiger charge is 2.27. The molecular formula is C18H18ClNO3S. The molecule has 24 heavy (non-hydrogen) atoms. The molecule has 0 spiro atoms. The summed E-state index contributed by atoms with van der Waals surface area (Å²) in [6.07, 6.45) is 1.91. The van der Waals surface area contributed by atoms with Gasteiger partial charge in [-0.3, -0.25) is 4.79 Å². The quantitative estimate of drug-likeness (QED) is 0.786. The molecule has 0 aliphatic heterocycles. The van der Waals surface area contributed by atoms with Gasteiger partial charge in [-0.25, -0.2) is 4.79 Å². The Labute approximate surface area is 150 Å². The van der Waals surface area contributed by atoms with Crippen LogP contribution in [-0.4, -0.2) is 29.0 Å². The number of aliphatic carboxylic acids is 1. The maximum atomic E-state index is 12.7. The summed E-state index contributed by atoms with van der Waals surface area (Å²) in [6.45, 7) is 0. The van der Waals surface area contributed by atoms with Crippen LogP contribution >= 0.6 is 23.4 Å². The molecule has 126 valence electrons. The standard InChI is InChI=1S/C18H18ClNO3S/c1-24-11-15(12-6-3-2-4-7-12)17(21)20-16(18(22)23)13-8-5-9-14(19)10-13/h2-10,15-16H,11H2,1H3,(H,20,21)(H,22,23). The molecule has 2 atom stereocenters. The highest BCUT2D eigenvalue weighted by molar-refractivity contribution is 7.98. The van der Waals surface area contributed by atoms with Gasteiger partial charge in [-0.05, 0) is 29.5 Å². The molecule has 0 aromatic heterocycles. The molecule has 2 N–H and O–H groups in total. The predicted octanol–water partition coefficient (Wildman–Crippen LogP) is 3.73. The molecule has 2 unspecified atom stereocenters. The van der Waals surface area contributed by atoms with Crippen molar-refractivity contribution in [3.05, 3.63) is 70.7 Å². The third-order valence-corrected chi connectivity index (χ3v) is 4.47. The van der Waals surface area contributed by atoms with E-state index in [9.17, 15) is 14.7 Å². The summed E-state index contributed by atoms with van der Waals surface area (Å²) in [5.74, 6) is -1.29. The molecule has 0 heterocycles. The fraction of sp³-hybridized carbons (Fsp3) is 0.222. The van der Waals surface area contributed by atoms with Crippen LogP contribution in [0, 0.1) is 0 Å². The second-order valence-corrected chi connectivity index (χ2v) is 6.60. The van der Waals surface area contributed by atoms with Crippen LogP contribution in [0.15, 0.2) is 54.6 Å². The van der Waals surface area contributed by atoms with Crippen LogP contribution < -0.4 is 5.32 Å². The first kappa shape index (κ1) is 18.4. The van der Waals surface area contributed by atoms with E-state index in [0.29, 0.717) is 16.3 Å². The number of halogens is 1. The van der Waals surface area contributed by atoms with Crippen molar-refractivity contribution >= 4 is 35.2 Å². The van der Waals surface area contributed by atoms with Gasteiger partial charge in [-0.2, -0.15) is 11.8 Å². The molecule has 0 radical (unpaired) electrons. The smallest absolute Gasteiger partial charge is 0.330 e. The Morgan fingerprint density at radius 2 is 1.79 bits per heavy atom. The maximum absolute atomic E-state index is 12.7. The second-order valence-electron chi connectivity index (χ2n) is 5.25. The monoisotopic (exact) mass is 363 g/mol. The summed E-state index contributed by atoms with van der Waals surface area (Å²) in [5.41, 5.74) is 1.30. The third-order valence-electron chi connectivity index (χ3n) is 3.57. The Hall–Kier alpha value is -1.98. The number of carboxylic acids is 1. The van der Waals surface area contributed by atoms with Gasteiger partial charge in [-0.15, -0.1) is 0 Å². The van der Waals surface area contributed by atoms with E-state index in [1.807, 2.05) is 36.6 Å². The number of carbonyl (C=O) groups excluding carboxylic acids is 1. The minimum atomic E-state index is -1.13. The lowest BCUT2D eigenvalue weighted by atomic mass is 9.99. The van der Waals surface area contributed by atoms with E-state index >= 15 is 0 Å². The van der Waals surface area contributed by atoms with Crippen LogP contribution in [0.25, 0.3) is 0 Å². The fourth-order valence-corrected chi connectivity index (χ4v) is 3.27. The molecule has 0 bridgehead atoms. The van der Waals surface area contributed by atoms with Crippen LogP contribution in [0.4, 0.5) is 0 Å². The average molecular weight is 364 g/mol. The van der Waals surface area contributed by atoms with Crippen LogP contribution in [0.5, 0.6) is 0 Å². The normalized spacial score (nSPS) is 13.1. The SMILES string of the molecule is CSCC(C(=O)NC(C(=O)O)c1cccc(Cl)c1)c1ccccc1. The largest absolute Gasteiger partial charge is 0.479 e. The first-order valence-electron chi connectivity index (χ1n) is 7.35. The van der Waals surface area contributed by atoms with Crippen LogP contribution in [-0.2, 0) is 9.59 Å².